The molecular formula is C18H20N2O. The summed E-state index contributed by atoms with van der Waals surface area (Å²) in [6, 6.07) is 14.1. The zero-order chi connectivity index (χ0) is 15.0. The average Bonchev–Trinajstić information content (AvgIpc) is 2.92. The van der Waals surface area contributed by atoms with Gasteiger partial charge in [0, 0.05) is 18.3 Å². The molecule has 0 saturated carbocycles. The van der Waals surface area contributed by atoms with E-state index in [1.54, 1.807) is 0 Å². The first-order valence-electron chi connectivity index (χ1n) is 7.29. The molecule has 0 spiro atoms. The molecular weight excluding hydrogens is 260 g/mol. The van der Waals surface area contributed by atoms with Crippen LogP contribution in [0.1, 0.15) is 39.5 Å². The van der Waals surface area contributed by atoms with Crippen LogP contribution in [-0.4, -0.2) is 17.9 Å². The summed E-state index contributed by atoms with van der Waals surface area (Å²) in [5.41, 5.74) is 10.8. The van der Waals surface area contributed by atoms with E-state index in [0.717, 1.165) is 18.4 Å². The van der Waals surface area contributed by atoms with Crippen LogP contribution < -0.4 is 5.73 Å². The number of fused-ring (bicyclic) bond motifs is 1. The average molecular weight is 280 g/mol. The van der Waals surface area contributed by atoms with Crippen molar-refractivity contribution in [2.75, 3.05) is 12.8 Å². The van der Waals surface area contributed by atoms with Crippen molar-refractivity contribution in [1.29, 1.82) is 0 Å². The van der Waals surface area contributed by atoms with E-state index in [1.807, 2.05) is 43.1 Å². The quantitative estimate of drug-likeness (QED) is 0.858. The zero-order valence-electron chi connectivity index (χ0n) is 12.5. The standard InChI is InChI=1S/C18H20N2O/c1-12-14(8-5-9-16(12)19)18(21)20(2)17-11-10-13-6-3-4-7-15(13)17/h3-9,17H,10-11,19H2,1-2H3. The maximum atomic E-state index is 12.8. The van der Waals surface area contributed by atoms with Gasteiger partial charge in [-0.3, -0.25) is 4.79 Å². The first kappa shape index (κ1) is 13.7. The Morgan fingerprint density at radius 1 is 1.19 bits per heavy atom. The van der Waals surface area contributed by atoms with Crippen molar-refractivity contribution in [3.8, 4) is 0 Å². The number of rotatable bonds is 2. The van der Waals surface area contributed by atoms with Gasteiger partial charge in [0.2, 0.25) is 0 Å². The molecule has 1 aliphatic carbocycles. The lowest BCUT2D eigenvalue weighted by Crippen LogP contribution is -2.30. The molecule has 1 atom stereocenters. The molecule has 0 bridgehead atoms. The van der Waals surface area contributed by atoms with Gasteiger partial charge in [0.05, 0.1) is 6.04 Å². The molecule has 2 aromatic carbocycles. The van der Waals surface area contributed by atoms with Crippen molar-refractivity contribution in [2.45, 2.75) is 25.8 Å². The van der Waals surface area contributed by atoms with Crippen molar-refractivity contribution in [3.63, 3.8) is 0 Å². The first-order chi connectivity index (χ1) is 10.1. The van der Waals surface area contributed by atoms with Crippen molar-refractivity contribution in [3.05, 3.63) is 64.7 Å². The molecule has 1 amide bonds. The second-order valence-electron chi connectivity index (χ2n) is 5.69. The Bertz CT molecular complexity index is 693. The normalized spacial score (nSPS) is 16.6. The fraction of sp³-hybridized carbons (Fsp3) is 0.278. The monoisotopic (exact) mass is 280 g/mol. The molecule has 0 aliphatic heterocycles. The van der Waals surface area contributed by atoms with Crippen molar-refractivity contribution in [2.24, 2.45) is 0 Å². The number of nitrogens with zero attached hydrogens (tertiary/aromatic N) is 1. The first-order valence-corrected chi connectivity index (χ1v) is 7.29. The Balaban J connectivity index is 1.91. The van der Waals surface area contributed by atoms with Gasteiger partial charge >= 0.3 is 0 Å². The van der Waals surface area contributed by atoms with Crippen molar-refractivity contribution in [1.82, 2.24) is 4.90 Å². The predicted octanol–water partition coefficient (Wildman–Crippen LogP) is 3.34. The molecule has 3 rings (SSSR count). The highest BCUT2D eigenvalue weighted by atomic mass is 16.2. The number of hydrogen-bond donors (Lipinski definition) is 1. The van der Waals surface area contributed by atoms with Gasteiger partial charge in [-0.1, -0.05) is 30.3 Å². The summed E-state index contributed by atoms with van der Waals surface area (Å²) in [6.07, 6.45) is 2.03. The molecule has 2 aromatic rings. The molecule has 0 fully saturated rings. The number of hydrogen-bond acceptors (Lipinski definition) is 2. The maximum absolute atomic E-state index is 12.8. The van der Waals surface area contributed by atoms with Crippen molar-refractivity contribution < 1.29 is 4.79 Å². The molecule has 2 N–H and O–H groups in total. The zero-order valence-corrected chi connectivity index (χ0v) is 12.5. The van der Waals surface area contributed by atoms with Crippen LogP contribution in [0.2, 0.25) is 0 Å². The number of amides is 1. The third kappa shape index (κ3) is 2.29. The van der Waals surface area contributed by atoms with Gasteiger partial charge in [0.25, 0.3) is 5.91 Å². The summed E-state index contributed by atoms with van der Waals surface area (Å²) in [6.45, 7) is 1.90. The fourth-order valence-corrected chi connectivity index (χ4v) is 3.15. The maximum Gasteiger partial charge on any atom is 0.254 e. The summed E-state index contributed by atoms with van der Waals surface area (Å²) in [7, 11) is 1.89. The van der Waals surface area contributed by atoms with Gasteiger partial charge in [0.15, 0.2) is 0 Å². The Hall–Kier alpha value is -2.29. The van der Waals surface area contributed by atoms with Gasteiger partial charge in [0.1, 0.15) is 0 Å². The minimum atomic E-state index is 0.0431. The summed E-state index contributed by atoms with van der Waals surface area (Å²) in [5.74, 6) is 0.0431. The third-order valence-electron chi connectivity index (χ3n) is 4.50. The van der Waals surface area contributed by atoms with E-state index in [2.05, 4.69) is 18.2 Å². The molecule has 1 unspecified atom stereocenters. The summed E-state index contributed by atoms with van der Waals surface area (Å²) < 4.78 is 0. The highest BCUT2D eigenvalue weighted by Crippen LogP contribution is 2.35. The third-order valence-corrected chi connectivity index (χ3v) is 4.50. The minimum absolute atomic E-state index is 0.0431. The smallest absolute Gasteiger partial charge is 0.254 e. The largest absolute Gasteiger partial charge is 0.398 e. The van der Waals surface area contributed by atoms with Gasteiger partial charge in [-0.05, 0) is 48.6 Å². The number of nitrogen functional groups attached to an aromatic ring is 1. The minimum Gasteiger partial charge on any atom is -0.398 e. The van der Waals surface area contributed by atoms with E-state index in [1.165, 1.54) is 11.1 Å². The second kappa shape index (κ2) is 5.24. The van der Waals surface area contributed by atoms with Gasteiger partial charge in [-0.25, -0.2) is 0 Å². The number of anilines is 1. The van der Waals surface area contributed by atoms with E-state index in [0.29, 0.717) is 11.3 Å². The number of carbonyl (C=O) groups excluding carboxylic acids is 1. The number of aryl methyl sites for hydroxylation is 1. The van der Waals surface area contributed by atoms with Crippen LogP contribution in [0.5, 0.6) is 0 Å². The van der Waals surface area contributed by atoms with Gasteiger partial charge in [-0.2, -0.15) is 0 Å². The Labute approximate surface area is 125 Å². The Morgan fingerprint density at radius 3 is 2.76 bits per heavy atom. The molecule has 0 heterocycles. The summed E-state index contributed by atoms with van der Waals surface area (Å²) in [5, 5.41) is 0. The lowest BCUT2D eigenvalue weighted by atomic mass is 10.0. The molecule has 1 aliphatic rings. The van der Waals surface area contributed by atoms with E-state index < -0.39 is 0 Å². The van der Waals surface area contributed by atoms with E-state index in [9.17, 15) is 4.79 Å². The lowest BCUT2D eigenvalue weighted by Gasteiger charge is -2.26. The van der Waals surface area contributed by atoms with Crippen molar-refractivity contribution >= 4 is 11.6 Å². The number of nitrogens with two attached hydrogens (primary N) is 1. The van der Waals surface area contributed by atoms with Crippen LogP contribution in [0.25, 0.3) is 0 Å². The van der Waals surface area contributed by atoms with Crippen LogP contribution in [0, 0.1) is 6.92 Å². The van der Waals surface area contributed by atoms with E-state index >= 15 is 0 Å². The molecule has 0 radical (unpaired) electrons. The molecule has 0 saturated heterocycles. The number of carbonyl (C=O) groups is 1. The van der Waals surface area contributed by atoms with Crippen LogP contribution in [0.15, 0.2) is 42.5 Å². The van der Waals surface area contributed by atoms with E-state index in [-0.39, 0.29) is 11.9 Å². The van der Waals surface area contributed by atoms with Gasteiger partial charge in [-0.15, -0.1) is 0 Å². The van der Waals surface area contributed by atoms with E-state index in [4.69, 9.17) is 5.73 Å². The predicted molar refractivity (Wildman–Crippen MR) is 85.2 cm³/mol. The van der Waals surface area contributed by atoms with Crippen LogP contribution in [0.3, 0.4) is 0 Å². The Kier molecular flexibility index (Phi) is 3.42. The molecule has 3 heteroatoms. The van der Waals surface area contributed by atoms with Crippen LogP contribution in [0.4, 0.5) is 5.69 Å². The summed E-state index contributed by atoms with van der Waals surface area (Å²) in [4.78, 5) is 14.6. The van der Waals surface area contributed by atoms with Crippen LogP contribution in [-0.2, 0) is 6.42 Å². The lowest BCUT2D eigenvalue weighted by molar-refractivity contribution is 0.0730. The molecule has 21 heavy (non-hydrogen) atoms. The molecule has 108 valence electrons. The molecule has 0 aromatic heterocycles. The SMILES string of the molecule is Cc1c(N)cccc1C(=O)N(C)C1CCc2ccccc21. The topological polar surface area (TPSA) is 46.3 Å². The van der Waals surface area contributed by atoms with Gasteiger partial charge < -0.3 is 10.6 Å². The van der Waals surface area contributed by atoms with Crippen LogP contribution >= 0.6 is 0 Å². The fourth-order valence-electron chi connectivity index (χ4n) is 3.15. The molecule has 3 nitrogen and oxygen atoms in total. The Morgan fingerprint density at radius 2 is 1.95 bits per heavy atom. The highest BCUT2D eigenvalue weighted by Gasteiger charge is 2.29. The highest BCUT2D eigenvalue weighted by molar-refractivity contribution is 5.97. The second-order valence-corrected chi connectivity index (χ2v) is 5.69. The summed E-state index contributed by atoms with van der Waals surface area (Å²) >= 11 is 0. The number of benzene rings is 2.